The predicted molar refractivity (Wildman–Crippen MR) is 108 cm³/mol. The highest BCUT2D eigenvalue weighted by molar-refractivity contribution is 6.04. The first-order valence-electron chi connectivity index (χ1n) is 10.5. The first-order chi connectivity index (χ1) is 13.3. The molecule has 2 saturated heterocycles. The van der Waals surface area contributed by atoms with E-state index in [1.54, 1.807) is 69.2 Å². The van der Waals surface area contributed by atoms with Gasteiger partial charge in [-0.25, -0.2) is 19.4 Å². The molecule has 30 heavy (non-hydrogen) atoms. The van der Waals surface area contributed by atoms with Crippen LogP contribution in [-0.2, 0) is 19.1 Å². The van der Waals surface area contributed by atoms with Crippen molar-refractivity contribution in [2.45, 2.75) is 91.5 Å². The summed E-state index contributed by atoms with van der Waals surface area (Å²) in [5.41, 5.74) is -3.29. The molecule has 0 N–H and O–H groups in total. The molecule has 0 aromatic heterocycles. The van der Waals surface area contributed by atoms with Gasteiger partial charge in [-0.1, -0.05) is 0 Å². The van der Waals surface area contributed by atoms with Crippen molar-refractivity contribution in [3.05, 3.63) is 0 Å². The minimum Gasteiger partial charge on any atom is -0.443 e. The molecule has 0 aromatic carbocycles. The van der Waals surface area contributed by atoms with E-state index in [0.29, 0.717) is 0 Å². The van der Waals surface area contributed by atoms with Crippen molar-refractivity contribution < 1.29 is 28.7 Å². The highest BCUT2D eigenvalue weighted by atomic mass is 16.6. The number of ether oxygens (including phenoxy) is 2. The summed E-state index contributed by atoms with van der Waals surface area (Å²) in [4.78, 5) is 54.6. The molecule has 0 unspecified atom stereocenters. The molecule has 2 heterocycles. The molecule has 0 atom stereocenters. The zero-order valence-electron chi connectivity index (χ0n) is 19.7. The van der Waals surface area contributed by atoms with Crippen molar-refractivity contribution in [1.29, 1.82) is 0 Å². The summed E-state index contributed by atoms with van der Waals surface area (Å²) >= 11 is 0. The Morgan fingerprint density at radius 3 is 1.20 bits per heavy atom. The Morgan fingerprint density at radius 1 is 0.700 bits per heavy atom. The molecule has 0 spiro atoms. The largest absolute Gasteiger partial charge is 0.443 e. The Bertz CT molecular complexity index is 740. The molecular weight excluding hydrogens is 388 g/mol. The summed E-state index contributed by atoms with van der Waals surface area (Å²) in [6, 6.07) is 0. The van der Waals surface area contributed by atoms with Gasteiger partial charge in [-0.3, -0.25) is 9.59 Å². The predicted octanol–water partition coefficient (Wildman–Crippen LogP) is 3.58. The van der Waals surface area contributed by atoms with Crippen LogP contribution in [-0.4, -0.2) is 56.1 Å². The molecular formula is C22H34N2O6. The van der Waals surface area contributed by atoms with Gasteiger partial charge in [0, 0.05) is 11.8 Å². The lowest BCUT2D eigenvalue weighted by Crippen LogP contribution is -2.57. The maximum atomic E-state index is 13.3. The van der Waals surface area contributed by atoms with E-state index in [9.17, 15) is 19.2 Å². The van der Waals surface area contributed by atoms with Gasteiger partial charge in [0.1, 0.15) is 11.2 Å². The van der Waals surface area contributed by atoms with Crippen LogP contribution in [0.1, 0.15) is 69.2 Å². The molecule has 0 bridgehead atoms. The zero-order chi connectivity index (χ0) is 23.2. The third-order valence-electron chi connectivity index (χ3n) is 6.49. The first-order valence-corrected chi connectivity index (χ1v) is 10.5. The zero-order valence-corrected chi connectivity index (χ0v) is 19.7. The number of carbonyl (C=O) groups excluding carboxylic acids is 4. The monoisotopic (exact) mass is 422 g/mol. The summed E-state index contributed by atoms with van der Waals surface area (Å²) < 4.78 is 10.9. The van der Waals surface area contributed by atoms with Gasteiger partial charge >= 0.3 is 12.2 Å². The van der Waals surface area contributed by atoms with E-state index in [2.05, 4.69) is 0 Å². The number of fused-ring (bicyclic) bond motifs is 4. The lowest BCUT2D eigenvalue weighted by Gasteiger charge is -2.49. The van der Waals surface area contributed by atoms with Crippen LogP contribution in [0.3, 0.4) is 0 Å². The maximum absolute atomic E-state index is 13.3. The van der Waals surface area contributed by atoms with Gasteiger partial charge in [-0.15, -0.1) is 0 Å². The number of likely N-dealkylation sites (tertiary alicyclic amines) is 2. The van der Waals surface area contributed by atoms with Crippen LogP contribution in [0.4, 0.5) is 9.59 Å². The molecule has 4 amide bonds. The van der Waals surface area contributed by atoms with Crippen LogP contribution in [0.25, 0.3) is 0 Å². The van der Waals surface area contributed by atoms with Crippen LogP contribution in [0, 0.1) is 23.7 Å². The lowest BCUT2D eigenvalue weighted by atomic mass is 9.51. The Morgan fingerprint density at radius 2 is 0.967 bits per heavy atom. The first kappa shape index (κ1) is 22.6. The van der Waals surface area contributed by atoms with Crippen LogP contribution < -0.4 is 0 Å². The van der Waals surface area contributed by atoms with E-state index in [0.717, 1.165) is 0 Å². The van der Waals surface area contributed by atoms with E-state index in [-0.39, 0.29) is 23.7 Å². The van der Waals surface area contributed by atoms with Gasteiger partial charge in [0.2, 0.25) is 11.8 Å². The summed E-state index contributed by atoms with van der Waals surface area (Å²) in [7, 11) is 0. The Balaban J connectivity index is 1.94. The van der Waals surface area contributed by atoms with E-state index < -0.39 is 46.3 Å². The molecule has 2 aliphatic heterocycles. The molecule has 1 aliphatic carbocycles. The van der Waals surface area contributed by atoms with E-state index >= 15 is 0 Å². The number of rotatable bonds is 0. The number of carbonyl (C=O) groups is 4. The van der Waals surface area contributed by atoms with Gasteiger partial charge in [-0.05, 0) is 69.2 Å². The average molecular weight is 423 g/mol. The van der Waals surface area contributed by atoms with Crippen molar-refractivity contribution in [3.63, 3.8) is 0 Å². The normalized spacial score (nSPS) is 31.8. The molecule has 0 radical (unpaired) electrons. The van der Waals surface area contributed by atoms with Crippen molar-refractivity contribution >= 4 is 24.0 Å². The molecule has 1 saturated carbocycles. The van der Waals surface area contributed by atoms with Gasteiger partial charge in [0.05, 0.1) is 22.9 Å². The third-order valence-corrected chi connectivity index (χ3v) is 6.49. The molecule has 3 fully saturated rings. The Hall–Kier alpha value is -2.12. The highest BCUT2D eigenvalue weighted by Gasteiger charge is 2.78. The topological polar surface area (TPSA) is 93.2 Å². The van der Waals surface area contributed by atoms with Crippen molar-refractivity contribution in [2.75, 3.05) is 0 Å². The second kappa shape index (κ2) is 6.20. The molecule has 8 heteroatoms. The van der Waals surface area contributed by atoms with E-state index in [1.807, 2.05) is 0 Å². The minimum atomic E-state index is -0.902. The van der Waals surface area contributed by atoms with E-state index in [1.165, 1.54) is 9.80 Å². The quantitative estimate of drug-likeness (QED) is 0.592. The summed E-state index contributed by atoms with van der Waals surface area (Å²) in [5, 5.41) is 0. The molecule has 168 valence electrons. The van der Waals surface area contributed by atoms with Gasteiger partial charge in [-0.2, -0.15) is 0 Å². The van der Waals surface area contributed by atoms with Crippen molar-refractivity contribution in [2.24, 2.45) is 23.7 Å². The number of hydrogen-bond donors (Lipinski definition) is 0. The van der Waals surface area contributed by atoms with Gasteiger partial charge in [0.25, 0.3) is 0 Å². The molecule has 3 rings (SSSR count). The van der Waals surface area contributed by atoms with Crippen LogP contribution in [0.2, 0.25) is 0 Å². The summed E-state index contributed by atoms with van der Waals surface area (Å²) in [5.74, 6) is -2.48. The summed E-state index contributed by atoms with van der Waals surface area (Å²) in [6.07, 6.45) is -1.39. The van der Waals surface area contributed by atoms with Gasteiger partial charge in [0.15, 0.2) is 0 Å². The fourth-order valence-electron chi connectivity index (χ4n) is 5.55. The van der Waals surface area contributed by atoms with Gasteiger partial charge < -0.3 is 9.47 Å². The van der Waals surface area contributed by atoms with Crippen LogP contribution >= 0.6 is 0 Å². The second-order valence-electron chi connectivity index (χ2n) is 11.7. The van der Waals surface area contributed by atoms with Crippen molar-refractivity contribution in [3.8, 4) is 0 Å². The minimum absolute atomic E-state index is 0.340. The molecule has 3 aliphatic rings. The standard InChI is InChI=1S/C22H34N2O6/c1-19(2,3)29-17(27)23-15(25)11-13(21(23,7)8)12-14(11)22(9,10)24(16(12)26)18(28)30-20(4,5)6/h11-14H,1-10H3. The number of imide groups is 2. The van der Waals surface area contributed by atoms with Crippen LogP contribution in [0.15, 0.2) is 0 Å². The smallest absolute Gasteiger partial charge is 0.417 e. The highest BCUT2D eigenvalue weighted by Crippen LogP contribution is 2.66. The Labute approximate surface area is 178 Å². The van der Waals surface area contributed by atoms with E-state index in [4.69, 9.17) is 9.47 Å². The maximum Gasteiger partial charge on any atom is 0.417 e. The fraction of sp³-hybridized carbons (Fsp3) is 0.818. The lowest BCUT2D eigenvalue weighted by molar-refractivity contribution is -0.141. The van der Waals surface area contributed by atoms with Crippen LogP contribution in [0.5, 0.6) is 0 Å². The summed E-state index contributed by atoms with van der Waals surface area (Å²) in [6.45, 7) is 17.6. The number of hydrogen-bond acceptors (Lipinski definition) is 6. The van der Waals surface area contributed by atoms with Crippen molar-refractivity contribution in [1.82, 2.24) is 9.80 Å². The number of amides is 4. The molecule has 0 aromatic rings. The third kappa shape index (κ3) is 3.10. The number of nitrogens with zero attached hydrogens (tertiary/aromatic N) is 2. The second-order valence-corrected chi connectivity index (χ2v) is 11.7. The Kier molecular flexibility index (Phi) is 4.66. The average Bonchev–Trinajstić information content (AvgIpc) is 2.65. The molecule has 8 nitrogen and oxygen atoms in total. The fourth-order valence-corrected chi connectivity index (χ4v) is 5.55. The SMILES string of the molecule is CC(C)(C)OC(=O)N1C(=O)C2C(C3C(=O)N(C(=O)OC(C)(C)C)C(C)(C)C23)C1(C)C.